The lowest BCUT2D eigenvalue weighted by Gasteiger charge is -2.36. The maximum absolute atomic E-state index is 3.86. The van der Waals surface area contributed by atoms with E-state index in [-0.39, 0.29) is 0 Å². The largest absolute Gasteiger partial charge is 0.307 e. The van der Waals surface area contributed by atoms with Gasteiger partial charge in [0.15, 0.2) is 0 Å². The predicted molar refractivity (Wildman–Crippen MR) is 80.3 cm³/mol. The van der Waals surface area contributed by atoms with Crippen LogP contribution in [0.15, 0.2) is 24.3 Å². The summed E-state index contributed by atoms with van der Waals surface area (Å²) < 4.78 is 0. The molecule has 0 aliphatic carbocycles. The van der Waals surface area contributed by atoms with Crippen molar-refractivity contribution in [2.24, 2.45) is 0 Å². The smallest absolute Gasteiger partial charge is 0.0296 e. The first-order chi connectivity index (χ1) is 9.24. The zero-order valence-electron chi connectivity index (χ0n) is 12.2. The summed E-state index contributed by atoms with van der Waals surface area (Å²) in [6.45, 7) is 7.16. The van der Waals surface area contributed by atoms with E-state index in [1.165, 1.54) is 49.9 Å². The van der Waals surface area contributed by atoms with E-state index in [4.69, 9.17) is 0 Å². The summed E-state index contributed by atoms with van der Waals surface area (Å²) in [6.07, 6.45) is 5.48. The molecule has 2 heterocycles. The Bertz CT molecular complexity index is 429. The van der Waals surface area contributed by atoms with Crippen molar-refractivity contribution < 1.29 is 0 Å². The Balaban J connectivity index is 1.61. The minimum Gasteiger partial charge on any atom is -0.307 e. The minimum absolute atomic E-state index is 0.471. The molecular formula is C17H26N2. The number of rotatable bonds is 3. The van der Waals surface area contributed by atoms with E-state index in [9.17, 15) is 0 Å². The van der Waals surface area contributed by atoms with Crippen LogP contribution >= 0.6 is 0 Å². The molecule has 0 aromatic heterocycles. The molecule has 0 spiro atoms. The van der Waals surface area contributed by atoms with Crippen LogP contribution in [-0.4, -0.2) is 30.1 Å². The zero-order valence-corrected chi connectivity index (χ0v) is 12.2. The summed E-state index contributed by atoms with van der Waals surface area (Å²) in [7, 11) is 0. The first-order valence-electron chi connectivity index (χ1n) is 7.79. The molecule has 104 valence electrons. The molecule has 1 aromatic rings. The highest BCUT2D eigenvalue weighted by atomic mass is 15.2. The molecule has 3 rings (SSSR count). The third-order valence-corrected chi connectivity index (χ3v) is 4.96. The monoisotopic (exact) mass is 258 g/mol. The van der Waals surface area contributed by atoms with Crippen LogP contribution < -0.4 is 5.32 Å². The molecule has 0 radical (unpaired) electrons. The van der Waals surface area contributed by atoms with Crippen molar-refractivity contribution in [3.8, 4) is 0 Å². The van der Waals surface area contributed by atoms with Crippen molar-refractivity contribution in [1.29, 1.82) is 0 Å². The lowest BCUT2D eigenvalue weighted by molar-refractivity contribution is 0.162. The van der Waals surface area contributed by atoms with Gasteiger partial charge in [0.05, 0.1) is 0 Å². The summed E-state index contributed by atoms with van der Waals surface area (Å²) in [5.41, 5.74) is 2.86. The number of fused-ring (bicyclic) bond motifs is 1. The second kappa shape index (κ2) is 5.64. The summed E-state index contributed by atoms with van der Waals surface area (Å²) >= 11 is 0. The molecule has 2 fully saturated rings. The third-order valence-electron chi connectivity index (χ3n) is 4.96. The van der Waals surface area contributed by atoms with Gasteiger partial charge < -0.3 is 10.2 Å². The number of aryl methyl sites for hydroxylation is 1. The molecule has 0 bridgehead atoms. The highest BCUT2D eigenvalue weighted by Gasteiger charge is 2.32. The van der Waals surface area contributed by atoms with Crippen LogP contribution in [-0.2, 0) is 0 Å². The fourth-order valence-electron chi connectivity index (χ4n) is 3.89. The predicted octanol–water partition coefficient (Wildman–Crippen LogP) is 3.27. The van der Waals surface area contributed by atoms with Gasteiger partial charge in [0, 0.05) is 18.1 Å². The molecule has 2 aliphatic rings. The summed E-state index contributed by atoms with van der Waals surface area (Å²) in [5.74, 6) is 0. The number of piperidine rings is 1. The fourth-order valence-corrected chi connectivity index (χ4v) is 3.89. The summed E-state index contributed by atoms with van der Waals surface area (Å²) in [6, 6.07) is 10.8. The second-order valence-corrected chi connectivity index (χ2v) is 6.30. The van der Waals surface area contributed by atoms with E-state index in [1.54, 1.807) is 0 Å². The fraction of sp³-hybridized carbons (Fsp3) is 0.647. The van der Waals surface area contributed by atoms with Crippen LogP contribution in [0.1, 0.15) is 49.8 Å². The number of hydrogen-bond acceptors (Lipinski definition) is 2. The number of nitrogens with zero attached hydrogens (tertiary/aromatic N) is 1. The van der Waals surface area contributed by atoms with Gasteiger partial charge in [-0.15, -0.1) is 0 Å². The molecule has 2 saturated heterocycles. The molecule has 1 aromatic carbocycles. The summed E-state index contributed by atoms with van der Waals surface area (Å²) in [4.78, 5) is 2.69. The summed E-state index contributed by atoms with van der Waals surface area (Å²) in [5, 5.41) is 3.86. The highest BCUT2D eigenvalue weighted by Crippen LogP contribution is 2.28. The standard InChI is InChI=1S/C17H26N2/c1-13-6-3-4-8-17(13)14(2)18-15-9-11-19-10-5-7-16(19)12-15/h3-4,6,8,14-16,18H,5,7,9-12H2,1-2H3/t14-,15?,16?/m1/s1. The molecule has 2 aliphatic heterocycles. The zero-order chi connectivity index (χ0) is 13.2. The Morgan fingerprint density at radius 1 is 1.21 bits per heavy atom. The van der Waals surface area contributed by atoms with Crippen molar-refractivity contribution in [2.45, 2.75) is 57.7 Å². The highest BCUT2D eigenvalue weighted by molar-refractivity contribution is 5.28. The van der Waals surface area contributed by atoms with Gasteiger partial charge in [-0.25, -0.2) is 0 Å². The minimum atomic E-state index is 0.471. The van der Waals surface area contributed by atoms with Gasteiger partial charge in [-0.3, -0.25) is 0 Å². The number of benzene rings is 1. The molecule has 0 amide bonds. The average Bonchev–Trinajstić information content (AvgIpc) is 2.86. The quantitative estimate of drug-likeness (QED) is 0.895. The van der Waals surface area contributed by atoms with Crippen molar-refractivity contribution in [3.05, 3.63) is 35.4 Å². The van der Waals surface area contributed by atoms with Crippen molar-refractivity contribution in [3.63, 3.8) is 0 Å². The lowest BCUT2D eigenvalue weighted by atomic mass is 9.95. The van der Waals surface area contributed by atoms with E-state index in [0.29, 0.717) is 12.1 Å². The number of hydrogen-bond donors (Lipinski definition) is 1. The SMILES string of the molecule is Cc1ccccc1[C@@H](C)NC1CCN2CCCC2C1. The molecule has 2 heteroatoms. The number of nitrogens with one attached hydrogen (secondary N) is 1. The Kier molecular flexibility index (Phi) is 3.90. The Labute approximate surface area is 117 Å². The molecule has 19 heavy (non-hydrogen) atoms. The average molecular weight is 258 g/mol. The Morgan fingerprint density at radius 2 is 2.05 bits per heavy atom. The molecule has 2 unspecified atom stereocenters. The molecule has 2 nitrogen and oxygen atoms in total. The van der Waals surface area contributed by atoms with Gasteiger partial charge in [0.1, 0.15) is 0 Å². The first kappa shape index (κ1) is 13.1. The van der Waals surface area contributed by atoms with Crippen LogP contribution in [0.5, 0.6) is 0 Å². The molecular weight excluding hydrogens is 232 g/mol. The maximum atomic E-state index is 3.86. The van der Waals surface area contributed by atoms with Gasteiger partial charge in [-0.05, 0) is 63.7 Å². The van der Waals surface area contributed by atoms with Crippen molar-refractivity contribution >= 4 is 0 Å². The van der Waals surface area contributed by atoms with Gasteiger partial charge >= 0.3 is 0 Å². The van der Waals surface area contributed by atoms with Gasteiger partial charge in [0.25, 0.3) is 0 Å². The lowest BCUT2D eigenvalue weighted by Crippen LogP contribution is -2.46. The molecule has 3 atom stereocenters. The van der Waals surface area contributed by atoms with E-state index >= 15 is 0 Å². The van der Waals surface area contributed by atoms with E-state index in [0.717, 1.165) is 6.04 Å². The van der Waals surface area contributed by atoms with Gasteiger partial charge in [-0.2, -0.15) is 0 Å². The Hall–Kier alpha value is -0.860. The molecule has 1 N–H and O–H groups in total. The van der Waals surface area contributed by atoms with Crippen molar-refractivity contribution in [2.75, 3.05) is 13.1 Å². The van der Waals surface area contributed by atoms with Crippen LogP contribution in [0.4, 0.5) is 0 Å². The van der Waals surface area contributed by atoms with Crippen molar-refractivity contribution in [1.82, 2.24) is 10.2 Å². The van der Waals surface area contributed by atoms with Crippen LogP contribution in [0, 0.1) is 6.92 Å². The second-order valence-electron chi connectivity index (χ2n) is 6.30. The topological polar surface area (TPSA) is 15.3 Å². The first-order valence-corrected chi connectivity index (χ1v) is 7.79. The normalized spacial score (nSPS) is 29.2. The van der Waals surface area contributed by atoms with Gasteiger partial charge in [0.2, 0.25) is 0 Å². The van der Waals surface area contributed by atoms with E-state index in [2.05, 4.69) is 48.3 Å². The molecule has 0 saturated carbocycles. The third kappa shape index (κ3) is 2.85. The van der Waals surface area contributed by atoms with Crippen LogP contribution in [0.25, 0.3) is 0 Å². The Morgan fingerprint density at radius 3 is 2.89 bits per heavy atom. The van der Waals surface area contributed by atoms with Gasteiger partial charge in [-0.1, -0.05) is 24.3 Å². The maximum Gasteiger partial charge on any atom is 0.0296 e. The van der Waals surface area contributed by atoms with Crippen LogP contribution in [0.3, 0.4) is 0 Å². The van der Waals surface area contributed by atoms with Crippen LogP contribution in [0.2, 0.25) is 0 Å². The van der Waals surface area contributed by atoms with E-state index in [1.807, 2.05) is 0 Å². The van der Waals surface area contributed by atoms with E-state index < -0.39 is 0 Å².